The molecule has 6 heavy (non-hydrogen) atoms. The lowest BCUT2D eigenvalue weighted by Gasteiger charge is -1.76. The molecule has 0 bridgehead atoms. The molecular weight excluding hydrogens is 94.1 g/mol. The Morgan fingerprint density at radius 1 is 2.00 bits per heavy atom. The maximum atomic E-state index is 3.88. The van der Waals surface area contributed by atoms with Crippen molar-refractivity contribution in [1.29, 1.82) is 0 Å². The Hall–Kier alpha value is -0.240. The minimum Gasteiger partial charge on any atom is -0.254 e. The highest BCUT2D eigenvalue weighted by atomic mass is 32.2. The number of nitrogens with zero attached hydrogens (tertiary/aromatic N) is 1. The average molecular weight is 99.2 g/mol. The highest BCUT2D eigenvalue weighted by Gasteiger charge is 1.93. The first-order chi connectivity index (χ1) is 2.89. The number of aliphatic imine (C=N–C) groups is 1. The molecule has 0 aliphatic carbocycles. The van der Waals surface area contributed by atoms with Gasteiger partial charge in [-0.25, -0.2) is 0 Å². The second-order valence-corrected chi connectivity index (χ2v) is 1.94. The molecule has 0 amide bonds. The molecule has 1 aliphatic rings. The summed E-state index contributed by atoms with van der Waals surface area (Å²) in [5.74, 6) is 0.986. The van der Waals surface area contributed by atoms with Crippen LogP contribution in [-0.2, 0) is 0 Å². The Balaban J connectivity index is 2.59. The second kappa shape index (κ2) is 1.47. The highest BCUT2D eigenvalue weighted by molar-refractivity contribution is 8.12. The minimum atomic E-state index is 0.986. The predicted octanol–water partition coefficient (Wildman–Crippen LogP) is 1.28. The van der Waals surface area contributed by atoms with Crippen LogP contribution in [0, 0.1) is 0 Å². The summed E-state index contributed by atoms with van der Waals surface area (Å²) in [7, 11) is 0. The van der Waals surface area contributed by atoms with Crippen LogP contribution in [0.3, 0.4) is 0 Å². The average Bonchev–Trinajstić information content (AvgIpc) is 1.86. The first-order valence-electron chi connectivity index (χ1n) is 1.71. The molecule has 0 N–H and O–H groups in total. The van der Waals surface area contributed by atoms with Gasteiger partial charge in [-0.2, -0.15) is 0 Å². The van der Waals surface area contributed by atoms with Crippen LogP contribution in [0.1, 0.15) is 0 Å². The van der Waals surface area contributed by atoms with Crippen molar-refractivity contribution in [2.75, 3.05) is 5.75 Å². The Kier molecular flexibility index (Phi) is 0.965. The van der Waals surface area contributed by atoms with E-state index in [1.165, 1.54) is 0 Å². The van der Waals surface area contributed by atoms with E-state index in [2.05, 4.69) is 11.6 Å². The van der Waals surface area contributed by atoms with Crippen molar-refractivity contribution in [3.8, 4) is 0 Å². The van der Waals surface area contributed by atoms with E-state index in [1.54, 1.807) is 11.8 Å². The van der Waals surface area contributed by atoms with Crippen molar-refractivity contribution < 1.29 is 0 Å². The summed E-state index contributed by atoms with van der Waals surface area (Å²) in [6.45, 7) is 3.64. The summed E-state index contributed by atoms with van der Waals surface area (Å²) >= 11 is 1.69. The molecule has 0 saturated heterocycles. The van der Waals surface area contributed by atoms with Gasteiger partial charge in [-0.1, -0.05) is 6.58 Å². The van der Waals surface area contributed by atoms with Crippen LogP contribution in [0.25, 0.3) is 0 Å². The van der Waals surface area contributed by atoms with Crippen LogP contribution in [0.5, 0.6) is 0 Å². The Morgan fingerprint density at radius 3 is 3.00 bits per heavy atom. The summed E-state index contributed by atoms with van der Waals surface area (Å²) < 4.78 is 0. The molecule has 1 heterocycles. The van der Waals surface area contributed by atoms with Gasteiger partial charge >= 0.3 is 0 Å². The fourth-order valence-corrected chi connectivity index (χ4v) is 0.848. The maximum absolute atomic E-state index is 3.88. The van der Waals surface area contributed by atoms with E-state index < -0.39 is 0 Å². The van der Waals surface area contributed by atoms with E-state index >= 15 is 0 Å². The molecular formula is C4H5NS. The zero-order chi connectivity index (χ0) is 4.41. The van der Waals surface area contributed by atoms with Gasteiger partial charge in [-0.15, -0.1) is 11.8 Å². The number of hydrogen-bond acceptors (Lipinski definition) is 2. The maximum Gasteiger partial charge on any atom is 0.0603 e. The van der Waals surface area contributed by atoms with Gasteiger partial charge in [0.05, 0.1) is 5.55 Å². The van der Waals surface area contributed by atoms with Crippen molar-refractivity contribution in [2.45, 2.75) is 0 Å². The van der Waals surface area contributed by atoms with Gasteiger partial charge in [0.15, 0.2) is 0 Å². The molecule has 0 saturated carbocycles. The molecule has 0 spiro atoms. The Morgan fingerprint density at radius 2 is 2.83 bits per heavy atom. The van der Waals surface area contributed by atoms with E-state index in [9.17, 15) is 0 Å². The van der Waals surface area contributed by atoms with Crippen LogP contribution in [0.4, 0.5) is 0 Å². The molecule has 0 radical (unpaired) electrons. The lowest BCUT2D eigenvalue weighted by molar-refractivity contribution is 1.39. The Bertz CT molecular complexity index is 95.7. The van der Waals surface area contributed by atoms with E-state index in [0.717, 1.165) is 11.4 Å². The molecule has 1 aliphatic heterocycles. The quantitative estimate of drug-likeness (QED) is 0.445. The van der Waals surface area contributed by atoms with Crippen molar-refractivity contribution in [2.24, 2.45) is 4.99 Å². The smallest absolute Gasteiger partial charge is 0.0603 e. The summed E-state index contributed by atoms with van der Waals surface area (Å²) in [5, 5.41) is 0. The standard InChI is InChI=1S/C4H5NS/c1-4-2-6-3-5-4/h3H,1-2H2. The minimum absolute atomic E-state index is 0.986. The topological polar surface area (TPSA) is 12.4 Å². The van der Waals surface area contributed by atoms with Gasteiger partial charge in [-0.05, 0) is 0 Å². The first-order valence-corrected chi connectivity index (χ1v) is 2.76. The molecule has 0 aromatic rings. The zero-order valence-electron chi connectivity index (χ0n) is 3.35. The van der Waals surface area contributed by atoms with Crippen molar-refractivity contribution in [1.82, 2.24) is 0 Å². The summed E-state index contributed by atoms with van der Waals surface area (Å²) in [4.78, 5) is 3.88. The fraction of sp³-hybridized carbons (Fsp3) is 0.250. The molecule has 0 unspecified atom stereocenters. The summed E-state index contributed by atoms with van der Waals surface area (Å²) in [6.07, 6.45) is 0. The van der Waals surface area contributed by atoms with Crippen LogP contribution in [-0.4, -0.2) is 11.3 Å². The lowest BCUT2D eigenvalue weighted by Crippen LogP contribution is -1.65. The number of thioether (sulfide) groups is 1. The first kappa shape index (κ1) is 3.93. The monoisotopic (exact) mass is 99.0 g/mol. The third-order valence-corrected chi connectivity index (χ3v) is 1.31. The SMILES string of the molecule is C=C1CSC=N1. The van der Waals surface area contributed by atoms with E-state index in [1.807, 2.05) is 5.55 Å². The van der Waals surface area contributed by atoms with Crippen molar-refractivity contribution in [3.05, 3.63) is 12.3 Å². The molecule has 2 heteroatoms. The molecule has 1 rings (SSSR count). The molecule has 0 aromatic heterocycles. The molecule has 0 atom stereocenters. The predicted molar refractivity (Wildman–Crippen MR) is 30.1 cm³/mol. The Labute approximate surface area is 41.2 Å². The van der Waals surface area contributed by atoms with Gasteiger partial charge in [0.1, 0.15) is 0 Å². The zero-order valence-corrected chi connectivity index (χ0v) is 4.16. The number of hydrogen-bond donors (Lipinski definition) is 0. The second-order valence-electron chi connectivity index (χ2n) is 1.11. The molecule has 0 fully saturated rings. The van der Waals surface area contributed by atoms with E-state index in [4.69, 9.17) is 0 Å². The number of rotatable bonds is 0. The molecule has 1 nitrogen and oxygen atoms in total. The van der Waals surface area contributed by atoms with Gasteiger partial charge < -0.3 is 0 Å². The van der Waals surface area contributed by atoms with E-state index in [0.29, 0.717) is 0 Å². The largest absolute Gasteiger partial charge is 0.254 e. The van der Waals surface area contributed by atoms with Crippen LogP contribution in [0.15, 0.2) is 17.3 Å². The summed E-state index contributed by atoms with van der Waals surface area (Å²) in [6, 6.07) is 0. The van der Waals surface area contributed by atoms with Crippen molar-refractivity contribution in [3.63, 3.8) is 0 Å². The third kappa shape index (κ3) is 0.627. The third-order valence-electron chi connectivity index (χ3n) is 0.560. The lowest BCUT2D eigenvalue weighted by atomic mass is 10.6. The molecule has 32 valence electrons. The highest BCUT2D eigenvalue weighted by Crippen LogP contribution is 2.11. The summed E-state index contributed by atoms with van der Waals surface area (Å²) in [5.41, 5.74) is 2.81. The molecule has 0 aromatic carbocycles. The van der Waals surface area contributed by atoms with Crippen LogP contribution >= 0.6 is 11.8 Å². The van der Waals surface area contributed by atoms with Crippen LogP contribution < -0.4 is 0 Å². The van der Waals surface area contributed by atoms with Crippen molar-refractivity contribution >= 4 is 17.3 Å². The normalized spacial score (nSPS) is 19.7. The van der Waals surface area contributed by atoms with Gasteiger partial charge in [0.2, 0.25) is 0 Å². The van der Waals surface area contributed by atoms with Gasteiger partial charge in [0, 0.05) is 11.4 Å². The van der Waals surface area contributed by atoms with Gasteiger partial charge in [0.25, 0.3) is 0 Å². The fourth-order valence-electron chi connectivity index (χ4n) is 0.283. The van der Waals surface area contributed by atoms with E-state index in [-0.39, 0.29) is 0 Å². The van der Waals surface area contributed by atoms with Crippen LogP contribution in [0.2, 0.25) is 0 Å². The van der Waals surface area contributed by atoms with Gasteiger partial charge in [-0.3, -0.25) is 4.99 Å².